The lowest BCUT2D eigenvalue weighted by Gasteiger charge is -2.10. The number of fused-ring (bicyclic) bond motifs is 1. The zero-order chi connectivity index (χ0) is 13.4. The molecule has 0 spiro atoms. The van der Waals surface area contributed by atoms with Crippen molar-refractivity contribution in [3.05, 3.63) is 70.0 Å². The van der Waals surface area contributed by atoms with Gasteiger partial charge in [0.25, 0.3) is 5.56 Å². The Balaban J connectivity index is 2.42. The Morgan fingerprint density at radius 1 is 1.00 bits per heavy atom. The van der Waals surface area contributed by atoms with Gasteiger partial charge in [0, 0.05) is 23.5 Å². The number of benzene rings is 2. The van der Waals surface area contributed by atoms with Crippen molar-refractivity contribution in [2.24, 2.45) is 7.05 Å². The minimum Gasteiger partial charge on any atom is -0.311 e. The Bertz CT molecular complexity index is 820. The molecule has 3 aromatic rings. The van der Waals surface area contributed by atoms with E-state index in [-0.39, 0.29) is 5.56 Å². The molecule has 0 atom stereocenters. The van der Waals surface area contributed by atoms with E-state index in [0.29, 0.717) is 5.02 Å². The number of aryl methyl sites for hydroxylation is 1. The second kappa shape index (κ2) is 4.56. The monoisotopic (exact) mass is 269 g/mol. The van der Waals surface area contributed by atoms with Crippen molar-refractivity contribution in [3.63, 3.8) is 0 Å². The van der Waals surface area contributed by atoms with Gasteiger partial charge in [-0.3, -0.25) is 4.79 Å². The molecule has 0 saturated carbocycles. The molecule has 0 bridgehead atoms. The highest BCUT2D eigenvalue weighted by Crippen LogP contribution is 2.28. The first-order valence-corrected chi connectivity index (χ1v) is 6.39. The molecule has 19 heavy (non-hydrogen) atoms. The van der Waals surface area contributed by atoms with Crippen LogP contribution in [0.3, 0.4) is 0 Å². The van der Waals surface area contributed by atoms with E-state index >= 15 is 0 Å². The van der Waals surface area contributed by atoms with Gasteiger partial charge >= 0.3 is 0 Å². The quantitative estimate of drug-likeness (QED) is 0.657. The molecule has 94 valence electrons. The van der Waals surface area contributed by atoms with Gasteiger partial charge in [-0.2, -0.15) is 0 Å². The fourth-order valence-corrected chi connectivity index (χ4v) is 2.50. The zero-order valence-electron chi connectivity index (χ0n) is 10.4. The molecule has 3 heteroatoms. The molecule has 1 aromatic heterocycles. The van der Waals surface area contributed by atoms with Crippen LogP contribution in [-0.2, 0) is 7.05 Å². The van der Waals surface area contributed by atoms with Crippen molar-refractivity contribution < 1.29 is 0 Å². The number of hydrogen-bond donors (Lipinski definition) is 0. The minimum absolute atomic E-state index is 0.0197. The van der Waals surface area contributed by atoms with Gasteiger partial charge < -0.3 is 4.57 Å². The van der Waals surface area contributed by atoms with E-state index < -0.39 is 0 Å². The molecule has 0 aliphatic rings. The standard InChI is InChI=1S/C16H12ClNO/c1-18-15-8-3-2-7-13(15)14(10-16(18)19)11-5-4-6-12(17)9-11/h2-10H,1H3. The molecule has 0 aliphatic heterocycles. The third-order valence-electron chi connectivity index (χ3n) is 3.29. The van der Waals surface area contributed by atoms with Crippen molar-refractivity contribution in [2.45, 2.75) is 0 Å². The van der Waals surface area contributed by atoms with Crippen LogP contribution in [0.4, 0.5) is 0 Å². The van der Waals surface area contributed by atoms with Crippen LogP contribution in [0.15, 0.2) is 59.4 Å². The van der Waals surface area contributed by atoms with E-state index in [1.807, 2.05) is 48.5 Å². The maximum Gasteiger partial charge on any atom is 0.251 e. The highest BCUT2D eigenvalue weighted by molar-refractivity contribution is 6.30. The third kappa shape index (κ3) is 2.04. The topological polar surface area (TPSA) is 22.0 Å². The Morgan fingerprint density at radius 3 is 2.58 bits per heavy atom. The largest absolute Gasteiger partial charge is 0.311 e. The number of aromatic nitrogens is 1. The van der Waals surface area contributed by atoms with E-state index in [1.54, 1.807) is 17.7 Å². The summed E-state index contributed by atoms with van der Waals surface area (Å²) in [7, 11) is 1.78. The molecule has 0 N–H and O–H groups in total. The first-order valence-electron chi connectivity index (χ1n) is 6.01. The number of rotatable bonds is 1. The summed E-state index contributed by atoms with van der Waals surface area (Å²) in [5.74, 6) is 0. The molecule has 0 unspecified atom stereocenters. The van der Waals surface area contributed by atoms with Crippen LogP contribution in [0.1, 0.15) is 0 Å². The molecule has 3 rings (SSSR count). The molecule has 0 aliphatic carbocycles. The normalized spacial score (nSPS) is 10.8. The van der Waals surface area contributed by atoms with Crippen LogP contribution in [0, 0.1) is 0 Å². The van der Waals surface area contributed by atoms with Crippen molar-refractivity contribution in [1.29, 1.82) is 0 Å². The lowest BCUT2D eigenvalue weighted by molar-refractivity contribution is 0.907. The van der Waals surface area contributed by atoms with Crippen LogP contribution in [0.2, 0.25) is 5.02 Å². The molecule has 0 fully saturated rings. The summed E-state index contributed by atoms with van der Waals surface area (Å²) in [6.45, 7) is 0. The second-order valence-corrected chi connectivity index (χ2v) is 4.92. The van der Waals surface area contributed by atoms with Gasteiger partial charge in [-0.25, -0.2) is 0 Å². The Morgan fingerprint density at radius 2 is 1.79 bits per heavy atom. The lowest BCUT2D eigenvalue weighted by atomic mass is 10.0. The molecular weight excluding hydrogens is 258 g/mol. The smallest absolute Gasteiger partial charge is 0.251 e. The van der Waals surface area contributed by atoms with Crippen LogP contribution in [0.25, 0.3) is 22.0 Å². The first kappa shape index (κ1) is 12.0. The Kier molecular flexibility index (Phi) is 2.88. The summed E-state index contributed by atoms with van der Waals surface area (Å²) < 4.78 is 1.66. The molecule has 0 saturated heterocycles. The lowest BCUT2D eigenvalue weighted by Crippen LogP contribution is -2.16. The summed E-state index contributed by atoms with van der Waals surface area (Å²) >= 11 is 6.03. The van der Waals surface area contributed by atoms with Gasteiger partial charge in [-0.15, -0.1) is 0 Å². The van der Waals surface area contributed by atoms with Gasteiger partial charge in [0.15, 0.2) is 0 Å². The van der Waals surface area contributed by atoms with Crippen molar-refractivity contribution in [1.82, 2.24) is 4.57 Å². The van der Waals surface area contributed by atoms with Crippen LogP contribution in [0.5, 0.6) is 0 Å². The SMILES string of the molecule is Cn1c(=O)cc(-c2cccc(Cl)c2)c2ccccc21. The first-order chi connectivity index (χ1) is 9.16. The van der Waals surface area contributed by atoms with Crippen molar-refractivity contribution >= 4 is 22.5 Å². The predicted octanol–water partition coefficient (Wildman–Crippen LogP) is 3.86. The van der Waals surface area contributed by atoms with Crippen LogP contribution in [-0.4, -0.2) is 4.57 Å². The van der Waals surface area contributed by atoms with Gasteiger partial charge in [0.1, 0.15) is 0 Å². The molecule has 1 heterocycles. The second-order valence-electron chi connectivity index (χ2n) is 4.48. The number of nitrogens with zero attached hydrogens (tertiary/aromatic N) is 1. The van der Waals surface area contributed by atoms with Gasteiger partial charge in [0.2, 0.25) is 0 Å². The Hall–Kier alpha value is -2.06. The summed E-state index contributed by atoms with van der Waals surface area (Å²) in [5, 5.41) is 1.72. The number of para-hydroxylation sites is 1. The fraction of sp³-hybridized carbons (Fsp3) is 0.0625. The third-order valence-corrected chi connectivity index (χ3v) is 3.52. The van der Waals surface area contributed by atoms with E-state index in [9.17, 15) is 4.79 Å². The molecule has 0 amide bonds. The molecule has 2 aromatic carbocycles. The van der Waals surface area contributed by atoms with E-state index in [4.69, 9.17) is 11.6 Å². The van der Waals surface area contributed by atoms with Gasteiger partial charge in [0.05, 0.1) is 5.52 Å². The minimum atomic E-state index is -0.0197. The fourth-order valence-electron chi connectivity index (χ4n) is 2.31. The Labute approximate surface area is 115 Å². The average molecular weight is 270 g/mol. The molecular formula is C16H12ClNO. The van der Waals surface area contributed by atoms with E-state index in [1.165, 1.54) is 0 Å². The van der Waals surface area contributed by atoms with Gasteiger partial charge in [-0.1, -0.05) is 41.9 Å². The molecule has 2 nitrogen and oxygen atoms in total. The predicted molar refractivity (Wildman–Crippen MR) is 79.6 cm³/mol. The number of halogens is 1. The summed E-state index contributed by atoms with van der Waals surface area (Å²) in [6, 6.07) is 17.1. The number of pyridine rings is 1. The number of hydrogen-bond acceptors (Lipinski definition) is 1. The highest BCUT2D eigenvalue weighted by Gasteiger charge is 2.08. The van der Waals surface area contributed by atoms with Crippen molar-refractivity contribution in [2.75, 3.05) is 0 Å². The van der Waals surface area contributed by atoms with E-state index in [2.05, 4.69) is 0 Å². The summed E-state index contributed by atoms with van der Waals surface area (Å²) in [5.41, 5.74) is 2.78. The zero-order valence-corrected chi connectivity index (χ0v) is 11.2. The summed E-state index contributed by atoms with van der Waals surface area (Å²) in [6.07, 6.45) is 0. The van der Waals surface area contributed by atoms with Crippen LogP contribution < -0.4 is 5.56 Å². The van der Waals surface area contributed by atoms with Gasteiger partial charge in [-0.05, 0) is 29.3 Å². The average Bonchev–Trinajstić information content (AvgIpc) is 2.43. The van der Waals surface area contributed by atoms with E-state index in [0.717, 1.165) is 22.0 Å². The maximum atomic E-state index is 12.0. The summed E-state index contributed by atoms with van der Waals surface area (Å²) in [4.78, 5) is 12.0. The molecule has 0 radical (unpaired) electrons. The van der Waals surface area contributed by atoms with Crippen molar-refractivity contribution in [3.8, 4) is 11.1 Å². The van der Waals surface area contributed by atoms with Crippen LogP contribution >= 0.6 is 11.6 Å². The highest BCUT2D eigenvalue weighted by atomic mass is 35.5. The maximum absolute atomic E-state index is 12.0.